The third kappa shape index (κ3) is 5.09. The van der Waals surface area contributed by atoms with E-state index in [0.717, 1.165) is 11.3 Å². The number of carbonyl (C=O) groups is 1. The highest BCUT2D eigenvalue weighted by atomic mass is 16.5. The van der Waals surface area contributed by atoms with Crippen molar-refractivity contribution < 1.29 is 14.3 Å². The smallest absolute Gasteiger partial charge is 0.270 e. The third-order valence-corrected chi connectivity index (χ3v) is 4.42. The first-order valence-electron chi connectivity index (χ1n) is 9.12. The van der Waals surface area contributed by atoms with E-state index in [4.69, 9.17) is 9.47 Å². The number of aryl methyl sites for hydroxylation is 1. The lowest BCUT2D eigenvalue weighted by molar-refractivity contribution is -0.130. The molecule has 0 spiro atoms. The molecule has 0 aliphatic rings. The summed E-state index contributed by atoms with van der Waals surface area (Å²) >= 11 is 0. The van der Waals surface area contributed by atoms with Crippen LogP contribution >= 0.6 is 0 Å². The van der Waals surface area contributed by atoms with Crippen molar-refractivity contribution in [1.29, 1.82) is 0 Å². The van der Waals surface area contributed by atoms with Gasteiger partial charge in [0.05, 0.1) is 14.2 Å². The van der Waals surface area contributed by atoms with E-state index in [1.54, 1.807) is 12.0 Å². The molecule has 7 nitrogen and oxygen atoms in total. The van der Waals surface area contributed by atoms with Gasteiger partial charge in [-0.1, -0.05) is 0 Å². The fourth-order valence-electron chi connectivity index (χ4n) is 2.85. The minimum Gasteiger partial charge on any atom is -0.497 e. The lowest BCUT2D eigenvalue weighted by Gasteiger charge is -2.18. The van der Waals surface area contributed by atoms with Crippen molar-refractivity contribution in [2.75, 3.05) is 27.3 Å². The van der Waals surface area contributed by atoms with Gasteiger partial charge in [0.1, 0.15) is 11.4 Å². The maximum atomic E-state index is 12.3. The molecule has 2 aromatic rings. The first-order valence-corrected chi connectivity index (χ1v) is 9.12. The second-order valence-electron chi connectivity index (χ2n) is 6.02. The van der Waals surface area contributed by atoms with Crippen molar-refractivity contribution in [3.05, 3.63) is 40.7 Å². The van der Waals surface area contributed by atoms with E-state index in [-0.39, 0.29) is 11.5 Å². The Morgan fingerprint density at radius 1 is 1.11 bits per heavy atom. The van der Waals surface area contributed by atoms with Gasteiger partial charge in [-0.15, -0.1) is 0 Å². The molecule has 1 aromatic heterocycles. The Labute approximate surface area is 159 Å². The molecule has 1 aromatic carbocycles. The van der Waals surface area contributed by atoms with Gasteiger partial charge in [0, 0.05) is 37.7 Å². The second-order valence-corrected chi connectivity index (χ2v) is 6.02. The molecular weight excluding hydrogens is 346 g/mol. The predicted octanol–water partition coefficient (Wildman–Crippen LogP) is 2.58. The summed E-state index contributed by atoms with van der Waals surface area (Å²) in [6.45, 7) is 5.67. The average molecular weight is 373 g/mol. The van der Waals surface area contributed by atoms with E-state index in [1.165, 1.54) is 17.9 Å². The number of hydrogen-bond donors (Lipinski definition) is 0. The van der Waals surface area contributed by atoms with E-state index < -0.39 is 0 Å². The Balaban J connectivity index is 2.20. The summed E-state index contributed by atoms with van der Waals surface area (Å²) in [7, 11) is 3.12. The molecule has 2 rings (SSSR count). The zero-order valence-electron chi connectivity index (χ0n) is 16.4. The number of methoxy groups -OCH3 is 2. The lowest BCUT2D eigenvalue weighted by Crippen LogP contribution is -2.31. The minimum absolute atomic E-state index is 0.0944. The van der Waals surface area contributed by atoms with Gasteiger partial charge in [-0.05, 0) is 44.5 Å². The standard InChI is InChI=1S/C20H27N3O4/c1-5-22(6-2)18(24)8-7-13-23-19(25)14-17(27-4)20(21-23)15-9-11-16(26-3)12-10-15/h9-12,14H,5-8,13H2,1-4H3. The molecule has 0 atom stereocenters. The van der Waals surface area contributed by atoms with Crippen LogP contribution in [0.3, 0.4) is 0 Å². The molecule has 0 fully saturated rings. The predicted molar refractivity (Wildman–Crippen MR) is 104 cm³/mol. The molecule has 146 valence electrons. The Morgan fingerprint density at radius 3 is 2.33 bits per heavy atom. The molecule has 27 heavy (non-hydrogen) atoms. The zero-order valence-corrected chi connectivity index (χ0v) is 16.4. The van der Waals surface area contributed by atoms with Crippen LogP contribution < -0.4 is 15.0 Å². The van der Waals surface area contributed by atoms with Crippen molar-refractivity contribution in [2.24, 2.45) is 0 Å². The van der Waals surface area contributed by atoms with Crippen LogP contribution in [0, 0.1) is 0 Å². The van der Waals surface area contributed by atoms with Gasteiger partial charge < -0.3 is 14.4 Å². The average Bonchev–Trinajstić information content (AvgIpc) is 2.70. The number of hydrogen-bond acceptors (Lipinski definition) is 5. The summed E-state index contributed by atoms with van der Waals surface area (Å²) in [4.78, 5) is 26.2. The second kappa shape index (κ2) is 9.75. The van der Waals surface area contributed by atoms with E-state index in [2.05, 4.69) is 5.10 Å². The first-order chi connectivity index (χ1) is 13.0. The number of benzene rings is 1. The van der Waals surface area contributed by atoms with Crippen LogP contribution in [-0.4, -0.2) is 47.9 Å². The van der Waals surface area contributed by atoms with Gasteiger partial charge in [-0.2, -0.15) is 5.10 Å². The highest BCUT2D eigenvalue weighted by Gasteiger charge is 2.13. The lowest BCUT2D eigenvalue weighted by atomic mass is 10.1. The van der Waals surface area contributed by atoms with Crippen LogP contribution in [0.15, 0.2) is 35.1 Å². The molecule has 0 saturated heterocycles. The van der Waals surface area contributed by atoms with Crippen LogP contribution in [0.2, 0.25) is 0 Å². The Morgan fingerprint density at radius 2 is 1.78 bits per heavy atom. The number of nitrogens with zero attached hydrogens (tertiary/aromatic N) is 3. The largest absolute Gasteiger partial charge is 0.497 e. The molecule has 0 aliphatic carbocycles. The van der Waals surface area contributed by atoms with E-state index >= 15 is 0 Å². The summed E-state index contributed by atoms with van der Waals surface area (Å²) in [5.41, 5.74) is 1.15. The summed E-state index contributed by atoms with van der Waals surface area (Å²) < 4.78 is 11.9. The maximum absolute atomic E-state index is 12.3. The van der Waals surface area contributed by atoms with Crippen LogP contribution in [-0.2, 0) is 11.3 Å². The SMILES string of the molecule is CCN(CC)C(=O)CCCn1nc(-c2ccc(OC)cc2)c(OC)cc1=O. The van der Waals surface area contributed by atoms with E-state index in [9.17, 15) is 9.59 Å². The number of aromatic nitrogens is 2. The fraction of sp³-hybridized carbons (Fsp3) is 0.450. The highest BCUT2D eigenvalue weighted by Crippen LogP contribution is 2.27. The van der Waals surface area contributed by atoms with Gasteiger partial charge in [0.15, 0.2) is 5.75 Å². The number of carbonyl (C=O) groups excluding carboxylic acids is 1. The van der Waals surface area contributed by atoms with E-state index in [1.807, 2.05) is 38.1 Å². The van der Waals surface area contributed by atoms with E-state index in [0.29, 0.717) is 43.9 Å². The van der Waals surface area contributed by atoms with Crippen LogP contribution in [0.5, 0.6) is 11.5 Å². The van der Waals surface area contributed by atoms with Crippen molar-refractivity contribution in [3.8, 4) is 22.8 Å². The molecular formula is C20H27N3O4. The fourth-order valence-corrected chi connectivity index (χ4v) is 2.85. The van der Waals surface area contributed by atoms with Gasteiger partial charge in [0.2, 0.25) is 5.91 Å². The summed E-state index contributed by atoms with van der Waals surface area (Å²) in [6, 6.07) is 8.81. The van der Waals surface area contributed by atoms with Crippen molar-refractivity contribution in [2.45, 2.75) is 33.2 Å². The Bertz CT molecular complexity index is 811. The van der Waals surface area contributed by atoms with Crippen molar-refractivity contribution in [1.82, 2.24) is 14.7 Å². The number of ether oxygens (including phenoxy) is 2. The molecule has 0 aliphatic heterocycles. The van der Waals surface area contributed by atoms with Gasteiger partial charge in [-0.3, -0.25) is 9.59 Å². The molecule has 7 heteroatoms. The monoisotopic (exact) mass is 373 g/mol. The first kappa shape index (κ1) is 20.5. The quantitative estimate of drug-likeness (QED) is 0.675. The minimum atomic E-state index is -0.251. The molecule has 0 radical (unpaired) electrons. The third-order valence-electron chi connectivity index (χ3n) is 4.42. The topological polar surface area (TPSA) is 73.7 Å². The molecule has 0 unspecified atom stereocenters. The Kier molecular flexibility index (Phi) is 7.40. The molecule has 0 saturated carbocycles. The summed E-state index contributed by atoms with van der Waals surface area (Å²) in [6.07, 6.45) is 0.941. The number of rotatable bonds is 9. The summed E-state index contributed by atoms with van der Waals surface area (Å²) in [5, 5.41) is 4.46. The molecule has 1 heterocycles. The molecule has 0 N–H and O–H groups in total. The maximum Gasteiger partial charge on any atom is 0.270 e. The Hall–Kier alpha value is -2.83. The van der Waals surface area contributed by atoms with Crippen LogP contribution in [0.25, 0.3) is 11.3 Å². The van der Waals surface area contributed by atoms with Gasteiger partial charge in [-0.25, -0.2) is 4.68 Å². The van der Waals surface area contributed by atoms with Gasteiger partial charge in [0.25, 0.3) is 5.56 Å². The normalized spacial score (nSPS) is 10.5. The summed E-state index contributed by atoms with van der Waals surface area (Å²) in [5.74, 6) is 1.25. The zero-order chi connectivity index (χ0) is 19.8. The highest BCUT2D eigenvalue weighted by molar-refractivity contribution is 5.76. The van der Waals surface area contributed by atoms with Crippen molar-refractivity contribution >= 4 is 5.91 Å². The number of amides is 1. The van der Waals surface area contributed by atoms with Crippen molar-refractivity contribution in [3.63, 3.8) is 0 Å². The van der Waals surface area contributed by atoms with Crippen LogP contribution in [0.4, 0.5) is 0 Å². The molecule has 1 amide bonds. The van der Waals surface area contributed by atoms with Gasteiger partial charge >= 0.3 is 0 Å². The van der Waals surface area contributed by atoms with Crippen LogP contribution in [0.1, 0.15) is 26.7 Å². The molecule has 0 bridgehead atoms.